The van der Waals surface area contributed by atoms with Crippen LogP contribution in [0.1, 0.15) is 37.4 Å². The lowest BCUT2D eigenvalue weighted by molar-refractivity contribution is 0.0193. The molecule has 294 valence electrons. The van der Waals surface area contributed by atoms with Gasteiger partial charge >= 0.3 is 0 Å². The van der Waals surface area contributed by atoms with E-state index in [1.54, 1.807) is 35.2 Å². The fourth-order valence-corrected chi connectivity index (χ4v) is 8.64. The van der Waals surface area contributed by atoms with Crippen molar-refractivity contribution in [3.63, 3.8) is 0 Å². The summed E-state index contributed by atoms with van der Waals surface area (Å²) in [6.07, 6.45) is 3.57. The molecule has 0 saturated carbocycles. The predicted molar refractivity (Wildman–Crippen MR) is 231 cm³/mol. The second-order valence-electron chi connectivity index (χ2n) is 14.7. The first-order valence-electron chi connectivity index (χ1n) is 18.9. The number of fused-ring (bicyclic) bond motifs is 3. The Labute approximate surface area is 349 Å². The molecule has 6 aromatic rings. The largest absolute Gasteiger partial charge is 0.508 e. The molecular formula is C45H44Cl3N5O4. The van der Waals surface area contributed by atoms with Crippen LogP contribution >= 0.6 is 36.4 Å². The van der Waals surface area contributed by atoms with E-state index in [1.165, 1.54) is 11.1 Å². The zero-order valence-electron chi connectivity index (χ0n) is 31.5. The Morgan fingerprint density at radius 1 is 0.807 bits per heavy atom. The van der Waals surface area contributed by atoms with E-state index in [2.05, 4.69) is 47.2 Å². The van der Waals surface area contributed by atoms with Crippen LogP contribution in [0.4, 0.5) is 17.1 Å². The summed E-state index contributed by atoms with van der Waals surface area (Å²) in [7, 11) is 2.08. The molecule has 0 bridgehead atoms. The number of phenolic OH excluding ortho intramolecular Hbond substituents is 1. The van der Waals surface area contributed by atoms with E-state index in [1.807, 2.05) is 64.0 Å². The highest BCUT2D eigenvalue weighted by Crippen LogP contribution is 2.38. The summed E-state index contributed by atoms with van der Waals surface area (Å²) in [6.45, 7) is 5.22. The summed E-state index contributed by atoms with van der Waals surface area (Å²) in [4.78, 5) is 38.4. The maximum absolute atomic E-state index is 15.1. The number of anilines is 3. The zero-order chi connectivity index (χ0) is 37.6. The number of halogens is 3. The van der Waals surface area contributed by atoms with Gasteiger partial charge in [-0.3, -0.25) is 19.4 Å². The summed E-state index contributed by atoms with van der Waals surface area (Å²) in [5.41, 5.74) is 9.14. The molecule has 1 saturated heterocycles. The van der Waals surface area contributed by atoms with Crippen LogP contribution in [0, 0.1) is 0 Å². The van der Waals surface area contributed by atoms with Gasteiger partial charge in [0, 0.05) is 85.2 Å². The van der Waals surface area contributed by atoms with Crippen LogP contribution < -0.4 is 9.80 Å². The van der Waals surface area contributed by atoms with Gasteiger partial charge in [-0.05, 0) is 108 Å². The van der Waals surface area contributed by atoms with Crippen LogP contribution in [0.15, 0.2) is 115 Å². The molecule has 0 unspecified atom stereocenters. The van der Waals surface area contributed by atoms with Gasteiger partial charge in [-0.25, -0.2) is 0 Å². The standard InChI is InChI=1S/C45H42ClN5O4.2ClH/c1-47-19-17-31-25-35(12-16-41(31)47)51(34-10-13-37(52)14-11-34)45(54)40-27-43(49-18-5-4-8-42(40)49)39-26-33(46)9-15-38(39)44(53)50-28-32-7-3-2-6-30(32)24-36(50)29-48-20-22-55-23-21-48;;/h2-16,18,25-27,36,52H,17,19-24,28-29H2,1H3;2*1H/t36-;;/m0../s1. The molecule has 2 aromatic heterocycles. The van der Waals surface area contributed by atoms with E-state index in [-0.39, 0.29) is 48.4 Å². The second-order valence-corrected chi connectivity index (χ2v) is 15.1. The molecule has 0 spiro atoms. The van der Waals surface area contributed by atoms with Gasteiger partial charge in [0.2, 0.25) is 0 Å². The maximum atomic E-state index is 15.1. The van der Waals surface area contributed by atoms with Crippen LogP contribution in [-0.4, -0.2) is 83.6 Å². The number of aromatic nitrogens is 1. The predicted octanol–water partition coefficient (Wildman–Crippen LogP) is 8.68. The van der Waals surface area contributed by atoms with E-state index in [0.29, 0.717) is 58.4 Å². The smallest absolute Gasteiger partial charge is 0.265 e. The van der Waals surface area contributed by atoms with E-state index < -0.39 is 0 Å². The number of hydrogen-bond acceptors (Lipinski definition) is 6. The van der Waals surface area contributed by atoms with Crippen LogP contribution in [0.5, 0.6) is 5.75 Å². The number of benzene rings is 4. The highest BCUT2D eigenvalue weighted by Gasteiger charge is 2.34. The number of ether oxygens (including phenoxy) is 1. The molecule has 3 aliphatic heterocycles. The van der Waals surface area contributed by atoms with Crippen molar-refractivity contribution < 1.29 is 19.4 Å². The van der Waals surface area contributed by atoms with E-state index in [9.17, 15) is 9.90 Å². The molecule has 9 nitrogen and oxygen atoms in total. The number of phenols is 1. The van der Waals surface area contributed by atoms with E-state index >= 15 is 4.79 Å². The van der Waals surface area contributed by atoms with Crippen LogP contribution in [0.3, 0.4) is 0 Å². The highest BCUT2D eigenvalue weighted by atomic mass is 35.5. The molecule has 12 heteroatoms. The minimum atomic E-state index is -0.236. The summed E-state index contributed by atoms with van der Waals surface area (Å²) in [5.74, 6) is -0.196. The first-order valence-corrected chi connectivity index (χ1v) is 19.3. The molecule has 1 atom stereocenters. The molecule has 3 aliphatic rings. The van der Waals surface area contributed by atoms with Crippen LogP contribution in [0.25, 0.3) is 16.8 Å². The van der Waals surface area contributed by atoms with Crippen LogP contribution in [0.2, 0.25) is 5.02 Å². The van der Waals surface area contributed by atoms with Gasteiger partial charge in [-0.2, -0.15) is 0 Å². The quantitative estimate of drug-likeness (QED) is 0.174. The Morgan fingerprint density at radius 3 is 2.33 bits per heavy atom. The van der Waals surface area contributed by atoms with Crippen molar-refractivity contribution in [1.29, 1.82) is 0 Å². The van der Waals surface area contributed by atoms with Crippen molar-refractivity contribution >= 4 is 70.8 Å². The molecule has 2 amide bonds. The monoisotopic (exact) mass is 823 g/mol. The minimum absolute atomic E-state index is 0. The normalized spacial score (nSPS) is 16.4. The molecule has 5 heterocycles. The third kappa shape index (κ3) is 7.70. The van der Waals surface area contributed by atoms with Gasteiger partial charge in [0.1, 0.15) is 5.75 Å². The third-order valence-electron chi connectivity index (χ3n) is 11.3. The lowest BCUT2D eigenvalue weighted by atomic mass is 9.92. The number of morpholine rings is 1. The second kappa shape index (κ2) is 16.8. The summed E-state index contributed by atoms with van der Waals surface area (Å²) >= 11 is 6.73. The number of likely N-dealkylation sites (N-methyl/N-ethyl adjacent to an activating group) is 1. The molecule has 1 N–H and O–H groups in total. The number of rotatable bonds is 7. The van der Waals surface area contributed by atoms with Gasteiger partial charge in [0.15, 0.2) is 0 Å². The Hall–Kier alpha value is -5.03. The Morgan fingerprint density at radius 2 is 1.54 bits per heavy atom. The van der Waals surface area contributed by atoms with Gasteiger partial charge in [-0.1, -0.05) is 41.9 Å². The zero-order valence-corrected chi connectivity index (χ0v) is 33.9. The van der Waals surface area contributed by atoms with Gasteiger partial charge < -0.3 is 24.0 Å². The minimum Gasteiger partial charge on any atom is -0.508 e. The number of hydrogen-bond donors (Lipinski definition) is 1. The van der Waals surface area contributed by atoms with Gasteiger partial charge in [-0.15, -0.1) is 24.8 Å². The van der Waals surface area contributed by atoms with Crippen molar-refractivity contribution in [2.75, 3.05) is 56.2 Å². The Balaban J connectivity index is 0.00000248. The topological polar surface area (TPSA) is 81.0 Å². The summed E-state index contributed by atoms with van der Waals surface area (Å²) in [5, 5.41) is 10.7. The fourth-order valence-electron chi connectivity index (χ4n) is 8.47. The van der Waals surface area contributed by atoms with Crippen LogP contribution in [-0.2, 0) is 24.1 Å². The average Bonchev–Trinajstić information content (AvgIpc) is 3.79. The average molecular weight is 825 g/mol. The first kappa shape index (κ1) is 40.2. The fraction of sp³-hybridized carbons (Fsp3) is 0.244. The van der Waals surface area contributed by atoms with E-state index in [0.717, 1.165) is 56.0 Å². The number of nitrogens with zero attached hydrogens (tertiary/aromatic N) is 5. The molecule has 57 heavy (non-hydrogen) atoms. The summed E-state index contributed by atoms with van der Waals surface area (Å²) < 4.78 is 7.61. The van der Waals surface area contributed by atoms with E-state index in [4.69, 9.17) is 16.3 Å². The number of aromatic hydroxyl groups is 1. The molecule has 0 radical (unpaired) electrons. The molecule has 4 aromatic carbocycles. The maximum Gasteiger partial charge on any atom is 0.265 e. The number of amides is 2. The van der Waals surface area contributed by atoms with Crippen molar-refractivity contribution in [1.82, 2.24) is 14.2 Å². The molecular weight excluding hydrogens is 781 g/mol. The Kier molecular flexibility index (Phi) is 11.9. The lowest BCUT2D eigenvalue weighted by Gasteiger charge is -2.40. The molecule has 0 aliphatic carbocycles. The van der Waals surface area contributed by atoms with Crippen molar-refractivity contribution in [2.24, 2.45) is 0 Å². The number of carbonyl (C=O) groups excluding carboxylic acids is 2. The summed E-state index contributed by atoms with van der Waals surface area (Å²) in [6, 6.07) is 34.2. The SMILES string of the molecule is CN1CCc2cc(N(C(=O)c3cc(-c4cc(Cl)ccc4C(=O)N4Cc5ccccc5C[C@H]4CN4CCOCC4)n4ccccc34)c3ccc(O)cc3)ccc21.Cl.Cl. The first-order chi connectivity index (χ1) is 26.8. The Bertz CT molecular complexity index is 2430. The van der Waals surface area contributed by atoms with Gasteiger partial charge in [0.25, 0.3) is 11.8 Å². The molecule has 1 fully saturated rings. The number of pyridine rings is 1. The third-order valence-corrected chi connectivity index (χ3v) is 11.6. The molecule has 9 rings (SSSR count). The van der Waals surface area contributed by atoms with Crippen molar-refractivity contribution in [2.45, 2.75) is 25.4 Å². The van der Waals surface area contributed by atoms with Crippen molar-refractivity contribution in [3.8, 4) is 17.0 Å². The highest BCUT2D eigenvalue weighted by molar-refractivity contribution is 6.31. The number of carbonyl (C=O) groups is 2. The van der Waals surface area contributed by atoms with Gasteiger partial charge in [0.05, 0.1) is 30.0 Å². The lowest BCUT2D eigenvalue weighted by Crippen LogP contribution is -2.52. The van der Waals surface area contributed by atoms with Crippen molar-refractivity contribution in [3.05, 3.63) is 148 Å².